The molecule has 3 unspecified atom stereocenters. The highest BCUT2D eigenvalue weighted by Crippen LogP contribution is 2.27. The minimum Gasteiger partial charge on any atom is -0.383 e. The fourth-order valence-corrected chi connectivity index (χ4v) is 2.76. The number of nitrogens with two attached hydrogens (primary N) is 1. The molecule has 1 aliphatic rings. The van der Waals surface area contributed by atoms with Crippen LogP contribution in [0, 0.1) is 5.92 Å². The van der Waals surface area contributed by atoms with Gasteiger partial charge >= 0.3 is 0 Å². The Morgan fingerprint density at radius 2 is 2.06 bits per heavy atom. The Hall–Kier alpha value is -0.120. The van der Waals surface area contributed by atoms with E-state index in [1.165, 1.54) is 19.3 Å². The first-order valence-corrected chi connectivity index (χ1v) is 6.56. The van der Waals surface area contributed by atoms with Crippen molar-refractivity contribution < 1.29 is 4.74 Å². The van der Waals surface area contributed by atoms with Crippen LogP contribution in [0.1, 0.15) is 40.0 Å². The number of ether oxygens (including phenoxy) is 1. The maximum atomic E-state index is 6.27. The van der Waals surface area contributed by atoms with Crippen LogP contribution in [0.3, 0.4) is 0 Å². The molecule has 3 heteroatoms. The van der Waals surface area contributed by atoms with Crippen molar-refractivity contribution in [1.29, 1.82) is 0 Å². The lowest BCUT2D eigenvalue weighted by molar-refractivity contribution is 0.0577. The van der Waals surface area contributed by atoms with Gasteiger partial charge in [-0.25, -0.2) is 0 Å². The molecule has 0 aromatic carbocycles. The molecule has 2 N–H and O–H groups in total. The topological polar surface area (TPSA) is 38.5 Å². The van der Waals surface area contributed by atoms with Gasteiger partial charge in [-0.1, -0.05) is 6.92 Å². The Balaban J connectivity index is 2.59. The lowest BCUT2D eigenvalue weighted by atomic mass is 9.82. The first kappa shape index (κ1) is 13.9. The lowest BCUT2D eigenvalue weighted by Gasteiger charge is -2.42. The molecule has 96 valence electrons. The highest BCUT2D eigenvalue weighted by molar-refractivity contribution is 4.89. The van der Waals surface area contributed by atoms with E-state index in [1.54, 1.807) is 7.11 Å². The maximum absolute atomic E-state index is 6.27. The van der Waals surface area contributed by atoms with Crippen LogP contribution in [0.5, 0.6) is 0 Å². The molecule has 1 saturated carbocycles. The summed E-state index contributed by atoms with van der Waals surface area (Å²) in [7, 11) is 1.77. The van der Waals surface area contributed by atoms with Crippen LogP contribution in [0.15, 0.2) is 0 Å². The summed E-state index contributed by atoms with van der Waals surface area (Å²) >= 11 is 0. The van der Waals surface area contributed by atoms with E-state index < -0.39 is 0 Å². The molecule has 16 heavy (non-hydrogen) atoms. The van der Waals surface area contributed by atoms with Crippen LogP contribution in [-0.4, -0.2) is 43.3 Å². The van der Waals surface area contributed by atoms with Gasteiger partial charge in [0.2, 0.25) is 0 Å². The van der Waals surface area contributed by atoms with Gasteiger partial charge < -0.3 is 10.5 Å². The predicted molar refractivity (Wildman–Crippen MR) is 68.5 cm³/mol. The van der Waals surface area contributed by atoms with Crippen molar-refractivity contribution >= 4 is 0 Å². The van der Waals surface area contributed by atoms with Crippen LogP contribution in [0.25, 0.3) is 0 Å². The van der Waals surface area contributed by atoms with Crippen LogP contribution in [0.2, 0.25) is 0 Å². The van der Waals surface area contributed by atoms with E-state index in [0.29, 0.717) is 18.1 Å². The number of methoxy groups -OCH3 is 1. The molecular formula is C13H28N2O. The zero-order valence-corrected chi connectivity index (χ0v) is 11.3. The summed E-state index contributed by atoms with van der Waals surface area (Å²) in [6.07, 6.45) is 3.69. The van der Waals surface area contributed by atoms with E-state index in [1.807, 2.05) is 0 Å². The molecule has 1 aliphatic carbocycles. The van der Waals surface area contributed by atoms with Crippen LogP contribution in [0.4, 0.5) is 0 Å². The fourth-order valence-electron chi connectivity index (χ4n) is 2.76. The third-order valence-electron chi connectivity index (χ3n) is 3.77. The van der Waals surface area contributed by atoms with Crippen LogP contribution in [-0.2, 0) is 4.74 Å². The van der Waals surface area contributed by atoms with Crippen molar-refractivity contribution in [2.75, 3.05) is 20.3 Å². The molecule has 0 spiro atoms. The quantitative estimate of drug-likeness (QED) is 0.780. The van der Waals surface area contributed by atoms with E-state index in [9.17, 15) is 0 Å². The summed E-state index contributed by atoms with van der Waals surface area (Å²) in [6, 6.07) is 1.44. The van der Waals surface area contributed by atoms with Crippen molar-refractivity contribution in [2.45, 2.75) is 58.2 Å². The summed E-state index contributed by atoms with van der Waals surface area (Å²) in [5.41, 5.74) is 6.27. The summed E-state index contributed by atoms with van der Waals surface area (Å²) in [5.74, 6) is 0.814. The normalized spacial score (nSPS) is 31.3. The van der Waals surface area contributed by atoms with Gasteiger partial charge in [-0.15, -0.1) is 0 Å². The highest BCUT2D eigenvalue weighted by atomic mass is 16.5. The Kier molecular flexibility index (Phi) is 5.73. The molecule has 1 rings (SSSR count). The largest absolute Gasteiger partial charge is 0.383 e. The summed E-state index contributed by atoms with van der Waals surface area (Å²) in [5, 5.41) is 0. The molecule has 0 aliphatic heterocycles. The molecule has 0 aromatic heterocycles. The molecule has 0 saturated heterocycles. The third-order valence-corrected chi connectivity index (χ3v) is 3.77. The van der Waals surface area contributed by atoms with E-state index in [4.69, 9.17) is 10.5 Å². The average molecular weight is 228 g/mol. The van der Waals surface area contributed by atoms with Crippen molar-refractivity contribution in [3.05, 3.63) is 0 Å². The molecule has 3 nitrogen and oxygen atoms in total. The second-order valence-electron chi connectivity index (χ2n) is 5.47. The van der Waals surface area contributed by atoms with Gasteiger partial charge in [0.15, 0.2) is 0 Å². The predicted octanol–water partition coefficient (Wildman–Crippen LogP) is 1.86. The highest BCUT2D eigenvalue weighted by Gasteiger charge is 2.31. The monoisotopic (exact) mass is 228 g/mol. The Bertz CT molecular complexity index is 196. The Morgan fingerprint density at radius 3 is 2.62 bits per heavy atom. The smallest absolute Gasteiger partial charge is 0.0589 e. The van der Waals surface area contributed by atoms with Gasteiger partial charge in [-0.2, -0.15) is 0 Å². The second-order valence-corrected chi connectivity index (χ2v) is 5.47. The average Bonchev–Trinajstić information content (AvgIpc) is 2.23. The number of hydrogen-bond donors (Lipinski definition) is 1. The molecule has 1 fully saturated rings. The van der Waals surface area contributed by atoms with Crippen LogP contribution >= 0.6 is 0 Å². The van der Waals surface area contributed by atoms with Crippen LogP contribution < -0.4 is 5.73 Å². The summed E-state index contributed by atoms with van der Waals surface area (Å²) < 4.78 is 5.19. The minimum absolute atomic E-state index is 0.343. The van der Waals surface area contributed by atoms with Gasteiger partial charge in [0, 0.05) is 31.8 Å². The molecule has 0 radical (unpaired) electrons. The zero-order chi connectivity index (χ0) is 12.1. The van der Waals surface area contributed by atoms with Gasteiger partial charge in [0.05, 0.1) is 6.61 Å². The van der Waals surface area contributed by atoms with Gasteiger partial charge in [-0.3, -0.25) is 4.90 Å². The third kappa shape index (κ3) is 3.72. The standard InChI is InChI=1S/C13H28N2O/c1-10(2)15(7-8-16-4)13-9-11(3)5-6-12(13)14/h10-13H,5-9,14H2,1-4H3. The number of rotatable bonds is 5. The molecule has 0 heterocycles. The van der Waals surface area contributed by atoms with E-state index in [0.717, 1.165) is 19.1 Å². The van der Waals surface area contributed by atoms with Crippen molar-refractivity contribution in [1.82, 2.24) is 4.90 Å². The van der Waals surface area contributed by atoms with Crippen molar-refractivity contribution in [3.8, 4) is 0 Å². The molecular weight excluding hydrogens is 200 g/mol. The fraction of sp³-hybridized carbons (Fsp3) is 1.00. The van der Waals surface area contributed by atoms with Gasteiger partial charge in [0.1, 0.15) is 0 Å². The van der Waals surface area contributed by atoms with E-state index in [-0.39, 0.29) is 0 Å². The summed E-state index contributed by atoms with van der Waals surface area (Å²) in [4.78, 5) is 2.52. The second kappa shape index (κ2) is 6.58. The molecule has 0 bridgehead atoms. The minimum atomic E-state index is 0.343. The number of hydrogen-bond acceptors (Lipinski definition) is 3. The SMILES string of the molecule is COCCN(C(C)C)C1CC(C)CCC1N. The van der Waals surface area contributed by atoms with Crippen molar-refractivity contribution in [3.63, 3.8) is 0 Å². The van der Waals surface area contributed by atoms with Crippen molar-refractivity contribution in [2.24, 2.45) is 11.7 Å². The first-order chi connectivity index (χ1) is 7.56. The molecule has 0 aromatic rings. The summed E-state index contributed by atoms with van der Waals surface area (Å²) in [6.45, 7) is 8.64. The van der Waals surface area contributed by atoms with E-state index in [2.05, 4.69) is 25.7 Å². The Labute approximate surface area is 100 Å². The van der Waals surface area contributed by atoms with Gasteiger partial charge in [0.25, 0.3) is 0 Å². The number of nitrogens with zero attached hydrogens (tertiary/aromatic N) is 1. The Morgan fingerprint density at radius 1 is 1.38 bits per heavy atom. The first-order valence-electron chi connectivity index (χ1n) is 6.56. The molecule has 3 atom stereocenters. The zero-order valence-electron chi connectivity index (χ0n) is 11.3. The van der Waals surface area contributed by atoms with E-state index >= 15 is 0 Å². The maximum Gasteiger partial charge on any atom is 0.0589 e. The molecule has 0 amide bonds. The lowest BCUT2D eigenvalue weighted by Crippen LogP contribution is -2.54. The van der Waals surface area contributed by atoms with Gasteiger partial charge in [-0.05, 0) is 39.0 Å².